The molecule has 150 valence electrons. The zero-order chi connectivity index (χ0) is 20.1. The van der Waals surface area contributed by atoms with E-state index in [0.29, 0.717) is 11.7 Å². The summed E-state index contributed by atoms with van der Waals surface area (Å²) in [6, 6.07) is 7.56. The number of rotatable bonds is 7. The summed E-state index contributed by atoms with van der Waals surface area (Å²) in [5.74, 6) is 1.85. The summed E-state index contributed by atoms with van der Waals surface area (Å²) in [5, 5.41) is 9.22. The Morgan fingerprint density at radius 3 is 2.93 bits per heavy atom. The molecule has 0 saturated heterocycles. The number of nitrogens with zero attached hydrogens (tertiary/aromatic N) is 5. The zero-order valence-electron chi connectivity index (χ0n) is 16.3. The Kier molecular flexibility index (Phi) is 6.09. The normalized spacial score (nSPS) is 13.9. The van der Waals surface area contributed by atoms with Gasteiger partial charge in [0.05, 0.1) is 18.6 Å². The summed E-state index contributed by atoms with van der Waals surface area (Å²) in [5.41, 5.74) is 1.99. The second-order valence-electron chi connectivity index (χ2n) is 6.90. The average Bonchev–Trinajstić information content (AvgIpc) is 3.41. The molecule has 4 rings (SSSR count). The Morgan fingerprint density at radius 1 is 1.28 bits per heavy atom. The lowest BCUT2D eigenvalue weighted by atomic mass is 10.0. The van der Waals surface area contributed by atoms with E-state index in [-0.39, 0.29) is 11.7 Å². The van der Waals surface area contributed by atoms with Gasteiger partial charge in [0, 0.05) is 30.7 Å². The number of aromatic nitrogens is 4. The van der Waals surface area contributed by atoms with E-state index in [4.69, 9.17) is 4.42 Å². The summed E-state index contributed by atoms with van der Waals surface area (Å²) < 4.78 is 7.37. The second-order valence-corrected chi connectivity index (χ2v) is 7.84. The van der Waals surface area contributed by atoms with Crippen LogP contribution in [0, 0.1) is 0 Å². The molecule has 0 saturated carbocycles. The highest BCUT2D eigenvalue weighted by Gasteiger charge is 2.22. The number of pyridine rings is 1. The number of hydrogen-bond donors (Lipinski definition) is 0. The van der Waals surface area contributed by atoms with Crippen molar-refractivity contribution in [3.05, 3.63) is 60.5 Å². The summed E-state index contributed by atoms with van der Waals surface area (Å²) >= 11 is 1.40. The van der Waals surface area contributed by atoms with Crippen molar-refractivity contribution in [2.75, 3.05) is 5.75 Å². The largest absolute Gasteiger partial charge is 0.467 e. The van der Waals surface area contributed by atoms with Crippen LogP contribution in [-0.2, 0) is 18.4 Å². The zero-order valence-corrected chi connectivity index (χ0v) is 17.1. The number of carbonyl (C=O) groups excluding carboxylic acids is 1. The number of allylic oxidation sites excluding steroid dienone is 2. The molecule has 1 amide bonds. The predicted octanol–water partition coefficient (Wildman–Crippen LogP) is 4.05. The number of furan rings is 1. The third-order valence-corrected chi connectivity index (χ3v) is 5.89. The predicted molar refractivity (Wildman–Crippen MR) is 111 cm³/mol. The van der Waals surface area contributed by atoms with Gasteiger partial charge in [-0.05, 0) is 49.9 Å². The third kappa shape index (κ3) is 4.59. The topological polar surface area (TPSA) is 77.0 Å². The number of carbonyl (C=O) groups is 1. The quantitative estimate of drug-likeness (QED) is 0.548. The van der Waals surface area contributed by atoms with Crippen molar-refractivity contribution in [2.45, 2.75) is 37.4 Å². The van der Waals surface area contributed by atoms with E-state index in [1.165, 1.54) is 18.2 Å². The van der Waals surface area contributed by atoms with Gasteiger partial charge in [0.1, 0.15) is 5.76 Å². The van der Waals surface area contributed by atoms with E-state index in [2.05, 4.69) is 21.3 Å². The molecule has 1 aliphatic carbocycles. The fraction of sp³-hybridized carbons (Fsp3) is 0.333. The van der Waals surface area contributed by atoms with E-state index in [9.17, 15) is 4.79 Å². The second kappa shape index (κ2) is 9.09. The lowest BCUT2D eigenvalue weighted by molar-refractivity contribution is -0.127. The van der Waals surface area contributed by atoms with Gasteiger partial charge in [-0.1, -0.05) is 17.8 Å². The molecule has 3 aromatic heterocycles. The van der Waals surface area contributed by atoms with Crippen molar-refractivity contribution >= 4 is 17.7 Å². The van der Waals surface area contributed by atoms with Crippen molar-refractivity contribution in [2.24, 2.45) is 7.05 Å². The van der Waals surface area contributed by atoms with Crippen LogP contribution in [0.2, 0.25) is 0 Å². The highest BCUT2D eigenvalue weighted by Crippen LogP contribution is 2.26. The maximum absolute atomic E-state index is 13.1. The first kappa shape index (κ1) is 19.4. The highest BCUT2D eigenvalue weighted by molar-refractivity contribution is 7.99. The Balaban J connectivity index is 1.47. The van der Waals surface area contributed by atoms with Gasteiger partial charge < -0.3 is 13.9 Å². The van der Waals surface area contributed by atoms with Crippen LogP contribution < -0.4 is 0 Å². The van der Waals surface area contributed by atoms with Crippen LogP contribution in [0.1, 0.15) is 31.4 Å². The third-order valence-electron chi connectivity index (χ3n) is 4.89. The smallest absolute Gasteiger partial charge is 0.237 e. The Morgan fingerprint density at radius 2 is 2.21 bits per heavy atom. The van der Waals surface area contributed by atoms with Gasteiger partial charge in [0.2, 0.25) is 5.91 Å². The van der Waals surface area contributed by atoms with Gasteiger partial charge >= 0.3 is 0 Å². The van der Waals surface area contributed by atoms with Crippen molar-refractivity contribution in [1.29, 1.82) is 0 Å². The molecule has 0 fully saturated rings. The van der Waals surface area contributed by atoms with Crippen LogP contribution in [0.15, 0.2) is 64.3 Å². The van der Waals surface area contributed by atoms with Crippen LogP contribution in [0.25, 0.3) is 11.4 Å². The Bertz CT molecular complexity index is 982. The molecule has 0 atom stereocenters. The molecular formula is C21H23N5O2S. The van der Waals surface area contributed by atoms with Crippen LogP contribution in [0.3, 0.4) is 0 Å². The number of thioether (sulfide) groups is 1. The van der Waals surface area contributed by atoms with Gasteiger partial charge in [-0.2, -0.15) is 0 Å². The molecule has 0 N–H and O–H groups in total. The molecule has 3 aromatic rings. The Hall–Kier alpha value is -2.87. The minimum Gasteiger partial charge on any atom is -0.467 e. The van der Waals surface area contributed by atoms with E-state index in [1.807, 2.05) is 40.8 Å². The first-order chi connectivity index (χ1) is 14.2. The van der Waals surface area contributed by atoms with Crippen molar-refractivity contribution in [1.82, 2.24) is 24.6 Å². The van der Waals surface area contributed by atoms with Gasteiger partial charge in [-0.25, -0.2) is 0 Å². The van der Waals surface area contributed by atoms with Crippen LogP contribution >= 0.6 is 11.8 Å². The summed E-state index contributed by atoms with van der Waals surface area (Å²) in [7, 11) is 1.90. The van der Waals surface area contributed by atoms with Crippen LogP contribution in [0.4, 0.5) is 0 Å². The molecule has 7 nitrogen and oxygen atoms in total. The maximum atomic E-state index is 13.1. The fourth-order valence-electron chi connectivity index (χ4n) is 3.37. The molecule has 29 heavy (non-hydrogen) atoms. The van der Waals surface area contributed by atoms with Crippen molar-refractivity contribution in [3.8, 4) is 11.4 Å². The molecule has 3 heterocycles. The number of amides is 1. The average molecular weight is 410 g/mol. The van der Waals surface area contributed by atoms with E-state index >= 15 is 0 Å². The first-order valence-electron chi connectivity index (χ1n) is 9.67. The van der Waals surface area contributed by atoms with Gasteiger partial charge in [0.25, 0.3) is 0 Å². The molecule has 0 aromatic carbocycles. The molecule has 8 heteroatoms. The maximum Gasteiger partial charge on any atom is 0.237 e. The van der Waals surface area contributed by atoms with Crippen LogP contribution in [0.5, 0.6) is 0 Å². The fourth-order valence-corrected chi connectivity index (χ4v) is 4.15. The molecule has 1 aliphatic rings. The number of hydrogen-bond acceptors (Lipinski definition) is 6. The standard InChI is InChI=1S/C21H23N5O2S/c1-25-20(16-7-5-11-22-13-16)23-24-21(25)29-15-19(27)26(14-18-10-6-12-28-18)17-8-3-2-4-9-17/h5-8,10-13H,2-4,9,14-15H2,1H3. The Labute approximate surface area is 173 Å². The minimum atomic E-state index is 0.0467. The minimum absolute atomic E-state index is 0.0467. The van der Waals surface area contributed by atoms with Crippen LogP contribution in [-0.4, -0.2) is 36.3 Å². The van der Waals surface area contributed by atoms with Crippen molar-refractivity contribution < 1.29 is 9.21 Å². The first-order valence-corrected chi connectivity index (χ1v) is 10.7. The van der Waals surface area contributed by atoms with Gasteiger partial charge in [0.15, 0.2) is 11.0 Å². The SMILES string of the molecule is Cn1c(SCC(=O)N(Cc2ccco2)C2=CCCCC2)nnc1-c1cccnc1. The van der Waals surface area contributed by atoms with E-state index in [1.54, 1.807) is 18.7 Å². The highest BCUT2D eigenvalue weighted by atomic mass is 32.2. The molecule has 0 unspecified atom stereocenters. The van der Waals surface area contributed by atoms with E-state index < -0.39 is 0 Å². The summed E-state index contributed by atoms with van der Waals surface area (Å²) in [4.78, 5) is 19.1. The molecular weight excluding hydrogens is 386 g/mol. The lowest BCUT2D eigenvalue weighted by Crippen LogP contribution is -2.32. The molecule has 0 spiro atoms. The van der Waals surface area contributed by atoms with E-state index in [0.717, 1.165) is 42.1 Å². The lowest BCUT2D eigenvalue weighted by Gasteiger charge is -2.27. The van der Waals surface area contributed by atoms with Crippen molar-refractivity contribution in [3.63, 3.8) is 0 Å². The summed E-state index contributed by atoms with van der Waals surface area (Å²) in [6.07, 6.45) is 11.5. The molecule has 0 radical (unpaired) electrons. The van der Waals surface area contributed by atoms with Gasteiger partial charge in [-0.15, -0.1) is 10.2 Å². The molecule has 0 bridgehead atoms. The monoisotopic (exact) mass is 409 g/mol. The summed E-state index contributed by atoms with van der Waals surface area (Å²) in [6.45, 7) is 0.456. The molecule has 0 aliphatic heterocycles. The van der Waals surface area contributed by atoms with Gasteiger partial charge in [-0.3, -0.25) is 9.78 Å².